The quantitative estimate of drug-likeness (QED) is 0.726. The van der Waals surface area contributed by atoms with Gasteiger partial charge in [0.1, 0.15) is 0 Å². The van der Waals surface area contributed by atoms with Crippen molar-refractivity contribution in [1.29, 1.82) is 0 Å². The van der Waals surface area contributed by atoms with Crippen LogP contribution in [0, 0.1) is 6.92 Å². The normalized spacial score (nSPS) is 14.9. The van der Waals surface area contributed by atoms with Gasteiger partial charge in [0.15, 0.2) is 5.78 Å². The molecular weight excluding hydrogens is 328 g/mol. The van der Waals surface area contributed by atoms with Gasteiger partial charge in [-0.15, -0.1) is 0 Å². The molecule has 26 heavy (non-hydrogen) atoms. The molecule has 5 heteroatoms. The Morgan fingerprint density at radius 3 is 2.31 bits per heavy atom. The predicted molar refractivity (Wildman–Crippen MR) is 102 cm³/mol. The lowest BCUT2D eigenvalue weighted by Gasteiger charge is -2.32. The van der Waals surface area contributed by atoms with Crippen LogP contribution >= 0.6 is 0 Å². The lowest BCUT2D eigenvalue weighted by molar-refractivity contribution is -0.132. The van der Waals surface area contributed by atoms with Crippen LogP contribution in [0.2, 0.25) is 0 Å². The highest BCUT2D eigenvalue weighted by atomic mass is 16.2. The van der Waals surface area contributed by atoms with E-state index in [4.69, 9.17) is 0 Å². The third-order valence-corrected chi connectivity index (χ3v) is 4.91. The molecule has 5 nitrogen and oxygen atoms in total. The molecule has 1 saturated heterocycles. The van der Waals surface area contributed by atoms with Crippen LogP contribution in [0.5, 0.6) is 0 Å². The molecule has 1 aromatic rings. The predicted octanol–water partition coefficient (Wildman–Crippen LogP) is 3.26. The van der Waals surface area contributed by atoms with Gasteiger partial charge in [0, 0.05) is 44.0 Å². The molecule has 0 radical (unpaired) electrons. The maximum absolute atomic E-state index is 12.1. The molecule has 1 heterocycles. The Morgan fingerprint density at radius 2 is 1.69 bits per heavy atom. The smallest absolute Gasteiger partial charge is 0.222 e. The molecule has 2 rings (SSSR count). The van der Waals surface area contributed by atoms with Gasteiger partial charge in [-0.1, -0.05) is 43.2 Å². The van der Waals surface area contributed by atoms with Crippen LogP contribution < -0.4 is 5.32 Å². The zero-order valence-electron chi connectivity index (χ0n) is 15.9. The second-order valence-electron chi connectivity index (χ2n) is 7.12. The van der Waals surface area contributed by atoms with E-state index in [0.717, 1.165) is 31.2 Å². The molecule has 0 bridgehead atoms. The van der Waals surface area contributed by atoms with Crippen LogP contribution in [-0.4, -0.2) is 41.6 Å². The molecule has 2 amide bonds. The first-order valence-electron chi connectivity index (χ1n) is 9.66. The molecule has 1 aliphatic rings. The Kier molecular flexibility index (Phi) is 7.82. The summed E-state index contributed by atoms with van der Waals surface area (Å²) in [7, 11) is 0. The molecule has 1 fully saturated rings. The summed E-state index contributed by atoms with van der Waals surface area (Å²) in [5.41, 5.74) is 1.76. The summed E-state index contributed by atoms with van der Waals surface area (Å²) in [6, 6.07) is 7.53. The minimum absolute atomic E-state index is 0.00325. The third-order valence-electron chi connectivity index (χ3n) is 4.91. The van der Waals surface area contributed by atoms with Crippen molar-refractivity contribution in [3.05, 3.63) is 35.4 Å². The van der Waals surface area contributed by atoms with Gasteiger partial charge in [0.05, 0.1) is 0 Å². The number of likely N-dealkylation sites (tertiary alicyclic amines) is 1. The van der Waals surface area contributed by atoms with Crippen LogP contribution in [0.3, 0.4) is 0 Å². The fourth-order valence-corrected chi connectivity index (χ4v) is 3.17. The van der Waals surface area contributed by atoms with Crippen molar-refractivity contribution in [3.63, 3.8) is 0 Å². The minimum Gasteiger partial charge on any atom is -0.353 e. The average Bonchev–Trinajstić information content (AvgIpc) is 2.65. The van der Waals surface area contributed by atoms with Gasteiger partial charge >= 0.3 is 0 Å². The number of carbonyl (C=O) groups excluding carboxylic acids is 3. The fourth-order valence-electron chi connectivity index (χ4n) is 3.17. The Hall–Kier alpha value is -2.17. The van der Waals surface area contributed by atoms with E-state index in [1.165, 1.54) is 0 Å². The summed E-state index contributed by atoms with van der Waals surface area (Å²) in [5.74, 6) is 0.137. The Labute approximate surface area is 156 Å². The second kappa shape index (κ2) is 10.1. The third kappa shape index (κ3) is 6.28. The summed E-state index contributed by atoms with van der Waals surface area (Å²) < 4.78 is 0. The van der Waals surface area contributed by atoms with E-state index in [0.29, 0.717) is 25.1 Å². The number of benzene rings is 1. The molecule has 0 unspecified atom stereocenters. The first-order valence-corrected chi connectivity index (χ1v) is 9.66. The van der Waals surface area contributed by atoms with Gasteiger partial charge in [-0.05, 0) is 26.2 Å². The Morgan fingerprint density at radius 1 is 1.04 bits per heavy atom. The molecule has 0 atom stereocenters. The maximum atomic E-state index is 12.1. The number of nitrogens with one attached hydrogen (secondary N) is 1. The molecule has 0 aliphatic carbocycles. The Bertz CT molecular complexity index is 617. The van der Waals surface area contributed by atoms with E-state index >= 15 is 0 Å². The zero-order valence-corrected chi connectivity index (χ0v) is 15.9. The molecule has 0 saturated carbocycles. The van der Waals surface area contributed by atoms with E-state index in [1.807, 2.05) is 24.0 Å². The molecule has 1 aromatic carbocycles. The van der Waals surface area contributed by atoms with Crippen molar-refractivity contribution in [2.24, 2.45) is 0 Å². The van der Waals surface area contributed by atoms with Gasteiger partial charge in [-0.2, -0.15) is 0 Å². The number of rotatable bonds is 8. The van der Waals surface area contributed by atoms with Gasteiger partial charge in [0.25, 0.3) is 0 Å². The highest BCUT2D eigenvalue weighted by Crippen LogP contribution is 2.13. The van der Waals surface area contributed by atoms with Crippen molar-refractivity contribution in [3.8, 4) is 0 Å². The summed E-state index contributed by atoms with van der Waals surface area (Å²) in [6.45, 7) is 5.47. The maximum Gasteiger partial charge on any atom is 0.222 e. The second-order valence-corrected chi connectivity index (χ2v) is 7.12. The Balaban J connectivity index is 1.68. The molecular formula is C21H30N2O3. The van der Waals surface area contributed by atoms with Crippen LogP contribution in [-0.2, 0) is 9.59 Å². The van der Waals surface area contributed by atoms with Crippen molar-refractivity contribution >= 4 is 17.6 Å². The van der Waals surface area contributed by atoms with E-state index in [-0.39, 0.29) is 36.5 Å². The highest BCUT2D eigenvalue weighted by Gasteiger charge is 2.23. The molecule has 142 valence electrons. The first-order chi connectivity index (χ1) is 12.5. The van der Waals surface area contributed by atoms with Crippen LogP contribution in [0.15, 0.2) is 24.3 Å². The van der Waals surface area contributed by atoms with Crippen LogP contribution in [0.25, 0.3) is 0 Å². The topological polar surface area (TPSA) is 66.5 Å². The molecule has 1 aliphatic heterocycles. The number of amides is 2. The molecule has 0 spiro atoms. The monoisotopic (exact) mass is 358 g/mol. The number of unbranched alkanes of at least 4 members (excludes halogenated alkanes) is 1. The standard InChI is InChI=1S/C21H30N2O3/c1-3-4-5-21(26)23-14-12-18(13-15-23)22-20(25)11-10-19(24)17-8-6-16(2)7-9-17/h6-9,18H,3-5,10-15H2,1-2H3,(H,22,25). The zero-order chi connectivity index (χ0) is 18.9. The van der Waals surface area contributed by atoms with Gasteiger partial charge < -0.3 is 10.2 Å². The summed E-state index contributed by atoms with van der Waals surface area (Å²) in [6.07, 6.45) is 4.59. The number of Topliss-reactive ketones (excluding diaryl/α,β-unsaturated/α-hetero) is 1. The number of carbonyl (C=O) groups is 3. The first kappa shape index (κ1) is 20.1. The SMILES string of the molecule is CCCCC(=O)N1CCC(NC(=O)CCC(=O)c2ccc(C)cc2)CC1. The highest BCUT2D eigenvalue weighted by molar-refractivity contribution is 5.98. The number of ketones is 1. The van der Waals surface area contributed by atoms with Gasteiger partial charge in [-0.25, -0.2) is 0 Å². The van der Waals surface area contributed by atoms with Gasteiger partial charge in [-0.3, -0.25) is 14.4 Å². The van der Waals surface area contributed by atoms with Crippen molar-refractivity contribution in [2.75, 3.05) is 13.1 Å². The fraction of sp³-hybridized carbons (Fsp3) is 0.571. The van der Waals surface area contributed by atoms with Crippen molar-refractivity contribution < 1.29 is 14.4 Å². The minimum atomic E-state index is -0.0822. The number of nitrogens with zero attached hydrogens (tertiary/aromatic N) is 1. The number of piperidine rings is 1. The van der Waals surface area contributed by atoms with Crippen LogP contribution in [0.4, 0.5) is 0 Å². The van der Waals surface area contributed by atoms with E-state index in [1.54, 1.807) is 12.1 Å². The lowest BCUT2D eigenvalue weighted by Crippen LogP contribution is -2.46. The van der Waals surface area contributed by atoms with Crippen LogP contribution in [0.1, 0.15) is 67.8 Å². The van der Waals surface area contributed by atoms with Crippen molar-refractivity contribution in [1.82, 2.24) is 10.2 Å². The van der Waals surface area contributed by atoms with Crippen molar-refractivity contribution in [2.45, 2.75) is 64.8 Å². The van der Waals surface area contributed by atoms with E-state index < -0.39 is 0 Å². The lowest BCUT2D eigenvalue weighted by atomic mass is 10.0. The van der Waals surface area contributed by atoms with E-state index in [2.05, 4.69) is 12.2 Å². The average molecular weight is 358 g/mol. The summed E-state index contributed by atoms with van der Waals surface area (Å²) in [4.78, 5) is 38.2. The largest absolute Gasteiger partial charge is 0.353 e. The summed E-state index contributed by atoms with van der Waals surface area (Å²) >= 11 is 0. The summed E-state index contributed by atoms with van der Waals surface area (Å²) in [5, 5.41) is 3.01. The molecule has 0 aromatic heterocycles. The number of hydrogen-bond donors (Lipinski definition) is 1. The molecule has 1 N–H and O–H groups in total. The number of hydrogen-bond acceptors (Lipinski definition) is 3. The van der Waals surface area contributed by atoms with E-state index in [9.17, 15) is 14.4 Å². The van der Waals surface area contributed by atoms with Gasteiger partial charge in [0.2, 0.25) is 11.8 Å². The number of aryl methyl sites for hydroxylation is 1.